The highest BCUT2D eigenvalue weighted by atomic mass is 19.1. The average Bonchev–Trinajstić information content (AvgIpc) is 3.22. The Morgan fingerprint density at radius 3 is 2.77 bits per heavy atom. The third-order valence-corrected chi connectivity index (χ3v) is 5.45. The Kier molecular flexibility index (Phi) is 5.30. The highest BCUT2D eigenvalue weighted by molar-refractivity contribution is 6.46. The fourth-order valence-electron chi connectivity index (χ4n) is 4.05. The van der Waals surface area contributed by atoms with E-state index in [1.807, 2.05) is 6.92 Å². The molecule has 4 rings (SSSR count). The maximum Gasteiger partial charge on any atom is 0.295 e. The van der Waals surface area contributed by atoms with Crippen LogP contribution >= 0.6 is 0 Å². The van der Waals surface area contributed by atoms with E-state index in [1.54, 1.807) is 24.3 Å². The molecule has 0 saturated carbocycles. The molecule has 7 heteroatoms. The molecule has 0 aliphatic carbocycles. The number of aliphatic hydroxyl groups is 1. The van der Waals surface area contributed by atoms with Gasteiger partial charge in [-0.3, -0.25) is 9.59 Å². The van der Waals surface area contributed by atoms with Gasteiger partial charge in [-0.2, -0.15) is 0 Å². The second-order valence-corrected chi connectivity index (χ2v) is 7.46. The van der Waals surface area contributed by atoms with Gasteiger partial charge in [0.2, 0.25) is 0 Å². The number of aliphatic hydroxyl groups excluding tert-OH is 1. The van der Waals surface area contributed by atoms with Crippen molar-refractivity contribution in [2.45, 2.75) is 25.5 Å². The summed E-state index contributed by atoms with van der Waals surface area (Å²) in [5.74, 6) is -1.80. The number of carbonyl (C=O) groups is 2. The molecule has 30 heavy (non-hydrogen) atoms. The number of halogens is 1. The fraction of sp³-hybridized carbons (Fsp3) is 0.304. The summed E-state index contributed by atoms with van der Waals surface area (Å²) in [6, 6.07) is 10.0. The summed E-state index contributed by atoms with van der Waals surface area (Å²) in [5.41, 5.74) is 1.31. The van der Waals surface area contributed by atoms with Crippen LogP contribution in [0.15, 0.2) is 48.0 Å². The first kappa shape index (κ1) is 20.1. The minimum Gasteiger partial charge on any atom is -0.507 e. The number of fused-ring (bicyclic) bond motifs is 1. The first-order chi connectivity index (χ1) is 14.4. The molecule has 1 saturated heterocycles. The minimum atomic E-state index is -1.04. The first-order valence-corrected chi connectivity index (χ1v) is 9.74. The Hall–Kier alpha value is -3.19. The van der Waals surface area contributed by atoms with Gasteiger partial charge in [-0.1, -0.05) is 18.2 Å². The smallest absolute Gasteiger partial charge is 0.295 e. The number of hydrogen-bond acceptors (Lipinski definition) is 5. The zero-order valence-electron chi connectivity index (χ0n) is 16.7. The van der Waals surface area contributed by atoms with Gasteiger partial charge in [0.1, 0.15) is 23.4 Å². The van der Waals surface area contributed by atoms with Crippen molar-refractivity contribution < 1.29 is 28.6 Å². The zero-order chi connectivity index (χ0) is 21.4. The summed E-state index contributed by atoms with van der Waals surface area (Å²) in [5, 5.41) is 11.1. The number of amides is 1. The summed E-state index contributed by atoms with van der Waals surface area (Å²) in [6.07, 6.45) is 0.700. The van der Waals surface area contributed by atoms with E-state index in [-0.39, 0.29) is 36.2 Å². The number of benzene rings is 2. The molecule has 1 fully saturated rings. The van der Waals surface area contributed by atoms with Crippen LogP contribution in [-0.2, 0) is 20.7 Å². The Bertz CT molecular complexity index is 1050. The molecule has 0 aromatic heterocycles. The molecule has 156 valence electrons. The average molecular weight is 411 g/mol. The number of carbonyl (C=O) groups excluding carboxylic acids is 2. The summed E-state index contributed by atoms with van der Waals surface area (Å²) in [4.78, 5) is 26.8. The van der Waals surface area contributed by atoms with Crippen molar-refractivity contribution in [2.24, 2.45) is 0 Å². The minimum absolute atomic E-state index is 0.0236. The lowest BCUT2D eigenvalue weighted by Gasteiger charge is -2.25. The van der Waals surface area contributed by atoms with Crippen molar-refractivity contribution in [3.05, 3.63) is 70.5 Å². The number of nitrogens with zero attached hydrogens (tertiary/aromatic N) is 1. The molecule has 6 nitrogen and oxygen atoms in total. The van der Waals surface area contributed by atoms with Crippen molar-refractivity contribution in [2.75, 3.05) is 20.3 Å². The van der Waals surface area contributed by atoms with Crippen LogP contribution in [0.4, 0.5) is 4.39 Å². The quantitative estimate of drug-likeness (QED) is 0.465. The largest absolute Gasteiger partial charge is 0.507 e. The number of likely N-dealkylation sites (tertiary alicyclic amines) is 1. The Morgan fingerprint density at radius 2 is 2.03 bits per heavy atom. The molecular weight excluding hydrogens is 389 g/mol. The number of hydrogen-bond donors (Lipinski definition) is 1. The topological polar surface area (TPSA) is 76.1 Å². The Balaban J connectivity index is 1.85. The summed E-state index contributed by atoms with van der Waals surface area (Å²) >= 11 is 0. The van der Waals surface area contributed by atoms with E-state index in [9.17, 15) is 19.1 Å². The molecule has 2 aromatic carbocycles. The van der Waals surface area contributed by atoms with Crippen LogP contribution in [-0.4, -0.2) is 48.1 Å². The third kappa shape index (κ3) is 3.35. The standard InChI is InChI=1S/C23H22FNO5/c1-13-11-15-12-14(7-8-18(15)30-13)21(26)19-20(16-5-3-4-6-17(16)24)25(9-10-29-2)23(28)22(19)27/h3-8,12-13,20,26H,9-11H2,1-2H3/t13-,20+/m0/s1. The van der Waals surface area contributed by atoms with Crippen molar-refractivity contribution in [1.82, 2.24) is 4.90 Å². The van der Waals surface area contributed by atoms with Crippen LogP contribution in [0.2, 0.25) is 0 Å². The molecule has 2 aliphatic heterocycles. The van der Waals surface area contributed by atoms with Gasteiger partial charge in [0.15, 0.2) is 0 Å². The third-order valence-electron chi connectivity index (χ3n) is 5.45. The van der Waals surface area contributed by atoms with E-state index in [4.69, 9.17) is 9.47 Å². The van der Waals surface area contributed by atoms with Crippen molar-refractivity contribution in [3.63, 3.8) is 0 Å². The first-order valence-electron chi connectivity index (χ1n) is 9.74. The van der Waals surface area contributed by atoms with Gasteiger partial charge < -0.3 is 19.5 Å². The molecule has 2 heterocycles. The predicted octanol–water partition coefficient (Wildman–Crippen LogP) is 3.22. The number of ketones is 1. The van der Waals surface area contributed by atoms with Crippen LogP contribution < -0.4 is 4.74 Å². The maximum atomic E-state index is 14.7. The lowest BCUT2D eigenvalue weighted by molar-refractivity contribution is -0.140. The van der Waals surface area contributed by atoms with Crippen molar-refractivity contribution in [3.8, 4) is 5.75 Å². The number of methoxy groups -OCH3 is 1. The molecule has 2 atom stereocenters. The van der Waals surface area contributed by atoms with Gasteiger partial charge in [-0.05, 0) is 36.8 Å². The van der Waals surface area contributed by atoms with Gasteiger partial charge in [-0.15, -0.1) is 0 Å². The van der Waals surface area contributed by atoms with Gasteiger partial charge in [0, 0.05) is 31.2 Å². The second-order valence-electron chi connectivity index (χ2n) is 7.46. The predicted molar refractivity (Wildman–Crippen MR) is 108 cm³/mol. The van der Waals surface area contributed by atoms with Gasteiger partial charge in [0.25, 0.3) is 11.7 Å². The zero-order valence-corrected chi connectivity index (χ0v) is 16.7. The van der Waals surface area contributed by atoms with Gasteiger partial charge in [0.05, 0.1) is 18.2 Å². The van der Waals surface area contributed by atoms with E-state index in [0.717, 1.165) is 11.3 Å². The molecule has 2 aliphatic rings. The van der Waals surface area contributed by atoms with Crippen LogP contribution in [0, 0.1) is 5.82 Å². The molecule has 0 bridgehead atoms. The molecule has 1 amide bonds. The fourth-order valence-corrected chi connectivity index (χ4v) is 4.05. The highest BCUT2D eigenvalue weighted by Gasteiger charge is 2.46. The second kappa shape index (κ2) is 7.91. The normalized spacial score (nSPS) is 22.3. The van der Waals surface area contributed by atoms with Crippen LogP contribution in [0.3, 0.4) is 0 Å². The molecule has 0 radical (unpaired) electrons. The van der Waals surface area contributed by atoms with Crippen LogP contribution in [0.5, 0.6) is 5.75 Å². The van der Waals surface area contributed by atoms with Crippen LogP contribution in [0.1, 0.15) is 29.7 Å². The highest BCUT2D eigenvalue weighted by Crippen LogP contribution is 2.41. The van der Waals surface area contributed by atoms with Crippen molar-refractivity contribution >= 4 is 17.4 Å². The monoisotopic (exact) mass is 411 g/mol. The van der Waals surface area contributed by atoms with Crippen LogP contribution in [0.25, 0.3) is 5.76 Å². The van der Waals surface area contributed by atoms with E-state index >= 15 is 0 Å². The summed E-state index contributed by atoms with van der Waals surface area (Å²) in [6.45, 7) is 2.21. The number of Topliss-reactive ketones (excluding diaryl/α,β-unsaturated/α-hetero) is 1. The lowest BCUT2D eigenvalue weighted by atomic mass is 9.94. The van der Waals surface area contributed by atoms with Gasteiger partial charge >= 0.3 is 0 Å². The summed E-state index contributed by atoms with van der Waals surface area (Å²) < 4.78 is 25.4. The number of rotatable bonds is 5. The SMILES string of the molecule is COCCN1C(=O)C(=O)C(=C(O)c2ccc3c(c2)C[C@H](C)O3)[C@H]1c1ccccc1F. The molecule has 1 N–H and O–H groups in total. The molecule has 0 spiro atoms. The Morgan fingerprint density at radius 1 is 1.27 bits per heavy atom. The Labute approximate surface area is 173 Å². The maximum absolute atomic E-state index is 14.7. The van der Waals surface area contributed by atoms with E-state index < -0.39 is 23.5 Å². The van der Waals surface area contributed by atoms with E-state index in [2.05, 4.69) is 0 Å². The van der Waals surface area contributed by atoms with Crippen molar-refractivity contribution in [1.29, 1.82) is 0 Å². The lowest BCUT2D eigenvalue weighted by Crippen LogP contribution is -2.33. The molecule has 2 aromatic rings. The van der Waals surface area contributed by atoms with Gasteiger partial charge in [-0.25, -0.2) is 4.39 Å². The van der Waals surface area contributed by atoms with E-state index in [1.165, 1.54) is 30.2 Å². The molecule has 0 unspecified atom stereocenters. The number of ether oxygens (including phenoxy) is 2. The molecular formula is C23H22FNO5. The van der Waals surface area contributed by atoms with E-state index in [0.29, 0.717) is 12.0 Å². The summed E-state index contributed by atoms with van der Waals surface area (Å²) in [7, 11) is 1.47.